The second-order valence-electron chi connectivity index (χ2n) is 6.75. The number of hydrogen-bond donors (Lipinski definition) is 3. The fourth-order valence-electron chi connectivity index (χ4n) is 3.04. The zero-order valence-corrected chi connectivity index (χ0v) is 16.3. The van der Waals surface area contributed by atoms with Gasteiger partial charge in [-0.2, -0.15) is 5.26 Å². The molecule has 0 aliphatic rings. The largest absolute Gasteiger partial charge is 0.507 e. The summed E-state index contributed by atoms with van der Waals surface area (Å²) in [7, 11) is 0. The van der Waals surface area contributed by atoms with E-state index in [0.717, 1.165) is 24.9 Å². The first-order valence-electron chi connectivity index (χ1n) is 9.60. The number of aryl methyl sites for hydroxylation is 1. The number of benzene rings is 3. The van der Waals surface area contributed by atoms with Crippen molar-refractivity contribution >= 4 is 28.1 Å². The molecule has 0 radical (unpaired) electrons. The van der Waals surface area contributed by atoms with Crippen molar-refractivity contribution in [2.45, 2.75) is 26.2 Å². The number of carbonyl (C=O) groups is 1. The van der Waals surface area contributed by atoms with Gasteiger partial charge in [-0.25, -0.2) is 0 Å². The van der Waals surface area contributed by atoms with Crippen molar-refractivity contribution in [1.29, 1.82) is 5.26 Å². The van der Waals surface area contributed by atoms with Gasteiger partial charge >= 0.3 is 0 Å². The van der Waals surface area contributed by atoms with Crippen molar-refractivity contribution in [3.63, 3.8) is 0 Å². The van der Waals surface area contributed by atoms with Crippen LogP contribution in [0.1, 0.15) is 25.3 Å². The maximum atomic E-state index is 12.6. The Kier molecular flexibility index (Phi) is 6.49. The third kappa shape index (κ3) is 4.94. The number of nitrogens with zero attached hydrogens (tertiary/aromatic N) is 1. The van der Waals surface area contributed by atoms with Gasteiger partial charge < -0.3 is 15.7 Å². The molecule has 3 N–H and O–H groups in total. The molecule has 3 aromatic rings. The number of phenols is 1. The van der Waals surface area contributed by atoms with E-state index >= 15 is 0 Å². The number of unbranched alkanes of at least 4 members (excludes halogenated alkanes) is 1. The molecule has 0 fully saturated rings. The third-order valence-corrected chi connectivity index (χ3v) is 4.67. The number of nitrogens with one attached hydrogen (secondary N) is 2. The van der Waals surface area contributed by atoms with Gasteiger partial charge in [0.1, 0.15) is 17.4 Å². The van der Waals surface area contributed by atoms with Crippen molar-refractivity contribution in [2.75, 3.05) is 10.6 Å². The molecule has 1 amide bonds. The first-order valence-corrected chi connectivity index (χ1v) is 9.60. The standard InChI is InChI=1S/C24H23N3O2/c1-2-3-6-17-11-13-19(14-12-17)26-16-18(15-25)24(29)27-22-9-4-8-21-20(22)7-5-10-23(21)28/h4-5,7-14,16,26,28H,2-3,6H2,1H3,(H,27,29)/b18-16-. The van der Waals surface area contributed by atoms with Crippen molar-refractivity contribution in [1.82, 2.24) is 0 Å². The Hall–Kier alpha value is -3.78. The highest BCUT2D eigenvalue weighted by Gasteiger charge is 2.12. The van der Waals surface area contributed by atoms with Crippen LogP contribution in [-0.2, 0) is 11.2 Å². The van der Waals surface area contributed by atoms with Gasteiger partial charge in [-0.15, -0.1) is 0 Å². The molecule has 0 spiro atoms. The molecule has 0 heterocycles. The number of phenolic OH excluding ortho intramolecular Hbond substituents is 1. The Morgan fingerprint density at radius 1 is 1.07 bits per heavy atom. The lowest BCUT2D eigenvalue weighted by molar-refractivity contribution is -0.112. The summed E-state index contributed by atoms with van der Waals surface area (Å²) >= 11 is 0. The number of carbonyl (C=O) groups excluding carboxylic acids is 1. The third-order valence-electron chi connectivity index (χ3n) is 4.67. The molecule has 0 bridgehead atoms. The zero-order valence-electron chi connectivity index (χ0n) is 16.3. The van der Waals surface area contributed by atoms with Crippen molar-refractivity contribution < 1.29 is 9.90 Å². The highest BCUT2D eigenvalue weighted by atomic mass is 16.3. The molecule has 0 aliphatic heterocycles. The predicted octanol–water partition coefficient (Wildman–Crippen LogP) is 5.35. The summed E-state index contributed by atoms with van der Waals surface area (Å²) in [5.41, 5.74) is 2.56. The first-order chi connectivity index (χ1) is 14.1. The minimum Gasteiger partial charge on any atom is -0.507 e. The molecule has 0 unspecified atom stereocenters. The van der Waals surface area contributed by atoms with E-state index in [0.29, 0.717) is 16.5 Å². The molecule has 3 rings (SSSR count). The minimum atomic E-state index is -0.518. The Labute approximate surface area is 170 Å². The van der Waals surface area contributed by atoms with Gasteiger partial charge in [0.25, 0.3) is 5.91 Å². The van der Waals surface area contributed by atoms with Gasteiger partial charge in [0.2, 0.25) is 0 Å². The number of aromatic hydroxyl groups is 1. The molecule has 0 atom stereocenters. The van der Waals surface area contributed by atoms with Crippen LogP contribution in [0.15, 0.2) is 72.4 Å². The SMILES string of the molecule is CCCCc1ccc(N/C=C(/C#N)C(=O)Nc2cccc3c(O)cccc23)cc1. The second kappa shape index (κ2) is 9.43. The van der Waals surface area contributed by atoms with E-state index in [-0.39, 0.29) is 11.3 Å². The molecule has 0 saturated carbocycles. The quantitative estimate of drug-likeness (QED) is 0.378. The van der Waals surface area contributed by atoms with E-state index < -0.39 is 5.91 Å². The number of hydrogen-bond acceptors (Lipinski definition) is 4. The first kappa shape index (κ1) is 20.0. The van der Waals surface area contributed by atoms with Crippen molar-refractivity contribution in [2.24, 2.45) is 0 Å². The summed E-state index contributed by atoms with van der Waals surface area (Å²) < 4.78 is 0. The molecular weight excluding hydrogens is 362 g/mol. The van der Waals surface area contributed by atoms with Crippen LogP contribution < -0.4 is 10.6 Å². The van der Waals surface area contributed by atoms with Gasteiger partial charge in [0.15, 0.2) is 0 Å². The van der Waals surface area contributed by atoms with E-state index in [2.05, 4.69) is 17.6 Å². The van der Waals surface area contributed by atoms with Crippen LogP contribution in [0.5, 0.6) is 5.75 Å². The Bertz CT molecular complexity index is 1080. The van der Waals surface area contributed by atoms with E-state index in [4.69, 9.17) is 0 Å². The molecule has 0 aliphatic carbocycles. The van der Waals surface area contributed by atoms with Crippen LogP contribution in [0.2, 0.25) is 0 Å². The van der Waals surface area contributed by atoms with Crippen LogP contribution in [0.3, 0.4) is 0 Å². The van der Waals surface area contributed by atoms with E-state index in [1.165, 1.54) is 11.8 Å². The average Bonchev–Trinajstić information content (AvgIpc) is 2.74. The maximum Gasteiger partial charge on any atom is 0.267 e. The minimum absolute atomic E-state index is 0.0442. The van der Waals surface area contributed by atoms with Gasteiger partial charge in [0.05, 0.1) is 0 Å². The number of anilines is 2. The lowest BCUT2D eigenvalue weighted by Gasteiger charge is -2.09. The second-order valence-corrected chi connectivity index (χ2v) is 6.75. The summed E-state index contributed by atoms with van der Waals surface area (Å²) in [5, 5.41) is 26.5. The average molecular weight is 385 g/mol. The summed E-state index contributed by atoms with van der Waals surface area (Å²) in [6.07, 6.45) is 4.75. The summed E-state index contributed by atoms with van der Waals surface area (Å²) in [5.74, 6) is -0.380. The highest BCUT2D eigenvalue weighted by molar-refractivity contribution is 6.11. The molecule has 5 nitrogen and oxygen atoms in total. The van der Waals surface area contributed by atoms with Crippen LogP contribution in [0, 0.1) is 11.3 Å². The molecule has 146 valence electrons. The smallest absolute Gasteiger partial charge is 0.267 e. The number of rotatable bonds is 7. The Morgan fingerprint density at radius 2 is 1.79 bits per heavy atom. The molecule has 3 aromatic carbocycles. The lowest BCUT2D eigenvalue weighted by atomic mass is 10.1. The number of amides is 1. The summed E-state index contributed by atoms with van der Waals surface area (Å²) in [4.78, 5) is 12.6. The lowest BCUT2D eigenvalue weighted by Crippen LogP contribution is -2.14. The van der Waals surface area contributed by atoms with Crippen molar-refractivity contribution in [3.05, 3.63) is 78.0 Å². The highest BCUT2D eigenvalue weighted by Crippen LogP contribution is 2.30. The number of fused-ring (bicyclic) bond motifs is 1. The van der Waals surface area contributed by atoms with E-state index in [1.807, 2.05) is 30.3 Å². The Morgan fingerprint density at radius 3 is 2.52 bits per heavy atom. The molecular formula is C24H23N3O2. The van der Waals surface area contributed by atoms with Crippen LogP contribution in [-0.4, -0.2) is 11.0 Å². The Balaban J connectivity index is 1.72. The molecule has 0 saturated heterocycles. The predicted molar refractivity (Wildman–Crippen MR) is 117 cm³/mol. The molecule has 5 heteroatoms. The van der Waals surface area contributed by atoms with Gasteiger partial charge in [0, 0.05) is 28.3 Å². The maximum absolute atomic E-state index is 12.6. The van der Waals surface area contributed by atoms with Gasteiger partial charge in [-0.3, -0.25) is 4.79 Å². The normalized spacial score (nSPS) is 11.1. The fourth-order valence-corrected chi connectivity index (χ4v) is 3.04. The van der Waals surface area contributed by atoms with Crippen LogP contribution in [0.4, 0.5) is 11.4 Å². The van der Waals surface area contributed by atoms with Crippen LogP contribution >= 0.6 is 0 Å². The fraction of sp³-hybridized carbons (Fsp3) is 0.167. The van der Waals surface area contributed by atoms with E-state index in [1.54, 1.807) is 36.4 Å². The zero-order chi connectivity index (χ0) is 20.6. The van der Waals surface area contributed by atoms with Gasteiger partial charge in [-0.1, -0.05) is 49.7 Å². The topological polar surface area (TPSA) is 85.2 Å². The van der Waals surface area contributed by atoms with Crippen molar-refractivity contribution in [3.8, 4) is 11.8 Å². The summed E-state index contributed by atoms with van der Waals surface area (Å²) in [6, 6.07) is 20.2. The van der Waals surface area contributed by atoms with Gasteiger partial charge in [-0.05, 0) is 42.7 Å². The monoisotopic (exact) mass is 385 g/mol. The molecule has 0 aromatic heterocycles. The van der Waals surface area contributed by atoms with E-state index in [9.17, 15) is 15.2 Å². The van der Waals surface area contributed by atoms with Crippen LogP contribution in [0.25, 0.3) is 10.8 Å². The number of nitriles is 1. The summed E-state index contributed by atoms with van der Waals surface area (Å²) in [6.45, 7) is 2.16. The molecule has 29 heavy (non-hydrogen) atoms.